The van der Waals surface area contributed by atoms with Gasteiger partial charge in [0, 0.05) is 6.54 Å². The van der Waals surface area contributed by atoms with Crippen LogP contribution >= 0.6 is 0 Å². The zero-order valence-corrected chi connectivity index (χ0v) is 10.1. The van der Waals surface area contributed by atoms with Crippen molar-refractivity contribution in [1.82, 2.24) is 4.90 Å². The second-order valence-corrected chi connectivity index (χ2v) is 4.41. The van der Waals surface area contributed by atoms with Gasteiger partial charge in [0.2, 0.25) is 0 Å². The molecule has 17 heavy (non-hydrogen) atoms. The Morgan fingerprint density at radius 2 is 2.29 bits per heavy atom. The van der Waals surface area contributed by atoms with Gasteiger partial charge in [0.1, 0.15) is 5.82 Å². The van der Waals surface area contributed by atoms with Crippen LogP contribution in [0.15, 0.2) is 18.2 Å². The molecule has 0 spiro atoms. The van der Waals surface area contributed by atoms with E-state index in [1.54, 1.807) is 24.0 Å². The minimum atomic E-state index is -0.450. The minimum absolute atomic E-state index is 0.00282. The highest BCUT2D eigenvalue weighted by molar-refractivity contribution is 5.94. The number of hydrogen-bond donors (Lipinski definition) is 0. The summed E-state index contributed by atoms with van der Waals surface area (Å²) < 4.78 is 19.0. The van der Waals surface area contributed by atoms with Crippen LogP contribution in [0.25, 0.3) is 0 Å². The van der Waals surface area contributed by atoms with Gasteiger partial charge in [0.05, 0.1) is 24.8 Å². The van der Waals surface area contributed by atoms with Gasteiger partial charge in [-0.25, -0.2) is 4.39 Å². The zero-order chi connectivity index (χ0) is 12.4. The molecule has 1 aromatic carbocycles. The summed E-state index contributed by atoms with van der Waals surface area (Å²) in [7, 11) is 0. The molecule has 0 N–H and O–H groups in total. The fourth-order valence-corrected chi connectivity index (χ4v) is 1.98. The zero-order valence-electron chi connectivity index (χ0n) is 10.1. The minimum Gasteiger partial charge on any atom is -0.377 e. The molecule has 3 nitrogen and oxygen atoms in total. The molecule has 1 heterocycles. The number of benzene rings is 1. The Kier molecular flexibility index (Phi) is 3.43. The molecule has 1 saturated heterocycles. The maximum absolute atomic E-state index is 13.7. The molecule has 0 aliphatic carbocycles. The third-order valence-electron chi connectivity index (χ3n) is 2.98. The van der Waals surface area contributed by atoms with Crippen LogP contribution in [0.4, 0.5) is 4.39 Å². The van der Waals surface area contributed by atoms with Crippen LogP contribution in [-0.2, 0) is 4.74 Å². The first-order valence-corrected chi connectivity index (χ1v) is 5.74. The molecule has 1 aromatic rings. The van der Waals surface area contributed by atoms with Crippen molar-refractivity contribution < 1.29 is 13.9 Å². The number of rotatable bonds is 1. The summed E-state index contributed by atoms with van der Waals surface area (Å²) in [6.45, 7) is 5.26. The van der Waals surface area contributed by atoms with Crippen LogP contribution in [0.1, 0.15) is 22.8 Å². The summed E-state index contributed by atoms with van der Waals surface area (Å²) >= 11 is 0. The normalized spacial score (nSPS) is 20.4. The van der Waals surface area contributed by atoms with E-state index in [1.807, 2.05) is 6.92 Å². The van der Waals surface area contributed by atoms with Crippen LogP contribution in [0.2, 0.25) is 0 Å². The third-order valence-corrected chi connectivity index (χ3v) is 2.98. The van der Waals surface area contributed by atoms with Gasteiger partial charge in [-0.05, 0) is 31.5 Å². The highest BCUT2D eigenvalue weighted by atomic mass is 19.1. The van der Waals surface area contributed by atoms with Gasteiger partial charge in [-0.3, -0.25) is 4.79 Å². The summed E-state index contributed by atoms with van der Waals surface area (Å²) in [5.41, 5.74) is 0.957. The Hall–Kier alpha value is -1.42. The number of nitrogens with zero attached hydrogens (tertiary/aromatic N) is 1. The molecule has 0 radical (unpaired) electrons. The van der Waals surface area contributed by atoms with Crippen molar-refractivity contribution in [3.63, 3.8) is 0 Å². The molecule has 1 aliphatic heterocycles. The first-order valence-electron chi connectivity index (χ1n) is 5.74. The largest absolute Gasteiger partial charge is 0.377 e. The average Bonchev–Trinajstić information content (AvgIpc) is 2.29. The highest BCUT2D eigenvalue weighted by Crippen LogP contribution is 2.16. The first kappa shape index (κ1) is 12.0. The van der Waals surface area contributed by atoms with Crippen molar-refractivity contribution in [2.75, 3.05) is 19.8 Å². The van der Waals surface area contributed by atoms with Crippen molar-refractivity contribution in [3.8, 4) is 0 Å². The fourth-order valence-electron chi connectivity index (χ4n) is 1.98. The van der Waals surface area contributed by atoms with Crippen molar-refractivity contribution in [3.05, 3.63) is 35.1 Å². The van der Waals surface area contributed by atoms with Gasteiger partial charge in [-0.1, -0.05) is 6.07 Å². The van der Waals surface area contributed by atoms with E-state index in [4.69, 9.17) is 4.74 Å². The Labute approximate surface area is 100 Å². The molecule has 92 valence electrons. The third kappa shape index (κ3) is 2.47. The Balaban J connectivity index is 2.24. The molecule has 1 fully saturated rings. The van der Waals surface area contributed by atoms with Crippen LogP contribution in [0.5, 0.6) is 0 Å². The molecular formula is C13H16FNO2. The van der Waals surface area contributed by atoms with Crippen molar-refractivity contribution >= 4 is 5.91 Å². The lowest BCUT2D eigenvalue weighted by Crippen LogP contribution is -2.47. The lowest BCUT2D eigenvalue weighted by molar-refractivity contribution is 0.00335. The van der Waals surface area contributed by atoms with Crippen LogP contribution in [-0.4, -0.2) is 36.6 Å². The van der Waals surface area contributed by atoms with E-state index < -0.39 is 5.82 Å². The quantitative estimate of drug-likeness (QED) is 0.747. The van der Waals surface area contributed by atoms with Crippen molar-refractivity contribution in [2.24, 2.45) is 0 Å². The molecule has 1 aliphatic rings. The molecule has 1 atom stereocenters. The number of carbonyl (C=O) groups excluding carboxylic acids is 1. The molecule has 1 unspecified atom stereocenters. The van der Waals surface area contributed by atoms with Crippen LogP contribution in [0.3, 0.4) is 0 Å². The van der Waals surface area contributed by atoms with Crippen LogP contribution in [0, 0.1) is 12.7 Å². The second-order valence-electron chi connectivity index (χ2n) is 4.41. The molecule has 4 heteroatoms. The number of halogens is 1. The van der Waals surface area contributed by atoms with Crippen molar-refractivity contribution in [1.29, 1.82) is 0 Å². The van der Waals surface area contributed by atoms with E-state index in [0.29, 0.717) is 19.8 Å². The number of ether oxygens (including phenoxy) is 1. The number of amides is 1. The van der Waals surface area contributed by atoms with Gasteiger partial charge < -0.3 is 9.64 Å². The molecule has 2 rings (SSSR count). The van der Waals surface area contributed by atoms with E-state index in [-0.39, 0.29) is 17.5 Å². The lowest BCUT2D eigenvalue weighted by atomic mass is 10.1. The summed E-state index contributed by atoms with van der Waals surface area (Å²) in [6, 6.07) is 4.69. The summed E-state index contributed by atoms with van der Waals surface area (Å²) in [4.78, 5) is 13.8. The molecule has 0 bridgehead atoms. The SMILES string of the molecule is Cc1ccc(C(=O)N2CCOCC2C)c(F)c1. The Bertz CT molecular complexity index is 433. The fraction of sp³-hybridized carbons (Fsp3) is 0.462. The summed E-state index contributed by atoms with van der Waals surface area (Å²) in [6.07, 6.45) is 0. The standard InChI is InChI=1S/C13H16FNO2/c1-9-3-4-11(12(14)7-9)13(16)15-5-6-17-8-10(15)2/h3-4,7,10H,5-6,8H2,1-2H3. The second kappa shape index (κ2) is 4.84. The molecule has 1 amide bonds. The monoisotopic (exact) mass is 237 g/mol. The van der Waals surface area contributed by atoms with E-state index in [2.05, 4.69) is 0 Å². The predicted octanol–water partition coefficient (Wildman–Crippen LogP) is 2.00. The maximum atomic E-state index is 13.7. The first-order chi connectivity index (χ1) is 8.09. The number of carbonyl (C=O) groups is 1. The van der Waals surface area contributed by atoms with Gasteiger partial charge >= 0.3 is 0 Å². The van der Waals surface area contributed by atoms with E-state index in [9.17, 15) is 9.18 Å². The maximum Gasteiger partial charge on any atom is 0.257 e. The van der Waals surface area contributed by atoms with Crippen molar-refractivity contribution in [2.45, 2.75) is 19.9 Å². The summed E-state index contributed by atoms with van der Waals surface area (Å²) in [5, 5.41) is 0. The molecule has 0 aromatic heterocycles. The number of hydrogen-bond acceptors (Lipinski definition) is 2. The molecule has 0 saturated carbocycles. The van der Waals surface area contributed by atoms with Gasteiger partial charge in [-0.2, -0.15) is 0 Å². The van der Waals surface area contributed by atoms with E-state index in [0.717, 1.165) is 5.56 Å². The number of aryl methyl sites for hydroxylation is 1. The molecular weight excluding hydrogens is 221 g/mol. The Morgan fingerprint density at radius 3 is 2.94 bits per heavy atom. The summed E-state index contributed by atoms with van der Waals surface area (Å²) in [5.74, 6) is -0.702. The van der Waals surface area contributed by atoms with Crippen LogP contribution < -0.4 is 0 Å². The highest BCUT2D eigenvalue weighted by Gasteiger charge is 2.26. The van der Waals surface area contributed by atoms with E-state index >= 15 is 0 Å². The average molecular weight is 237 g/mol. The Morgan fingerprint density at radius 1 is 1.53 bits per heavy atom. The van der Waals surface area contributed by atoms with Gasteiger partial charge in [-0.15, -0.1) is 0 Å². The number of morpholine rings is 1. The smallest absolute Gasteiger partial charge is 0.257 e. The predicted molar refractivity (Wildman–Crippen MR) is 62.5 cm³/mol. The van der Waals surface area contributed by atoms with E-state index in [1.165, 1.54) is 6.07 Å². The van der Waals surface area contributed by atoms with Gasteiger partial charge in [0.15, 0.2) is 0 Å². The topological polar surface area (TPSA) is 29.5 Å². The van der Waals surface area contributed by atoms with Gasteiger partial charge in [0.25, 0.3) is 5.91 Å². The lowest BCUT2D eigenvalue weighted by Gasteiger charge is -2.33.